The smallest absolute Gasteiger partial charge is 0.339 e. The second-order valence-electron chi connectivity index (χ2n) is 5.69. The summed E-state index contributed by atoms with van der Waals surface area (Å²) in [5.74, 6) is -0.394. The van der Waals surface area contributed by atoms with Crippen LogP contribution in [0.15, 0.2) is 83.2 Å². The molecule has 134 valence electrons. The number of benzene rings is 3. The van der Waals surface area contributed by atoms with E-state index in [0.29, 0.717) is 10.6 Å². The molecule has 0 N–H and O–H groups in total. The molecule has 6 heteroatoms. The highest BCUT2D eigenvalue weighted by Crippen LogP contribution is 2.42. The molecule has 3 nitrogen and oxygen atoms in total. The van der Waals surface area contributed by atoms with E-state index in [-0.39, 0.29) is 0 Å². The number of aromatic nitrogens is 1. The Kier molecular flexibility index (Phi) is 5.43. The molecular formula is C21H14ClNO2S2. The zero-order valence-electron chi connectivity index (χ0n) is 14.0. The Labute approximate surface area is 170 Å². The number of rotatable bonds is 5. The summed E-state index contributed by atoms with van der Waals surface area (Å²) in [6.45, 7) is 0. The van der Waals surface area contributed by atoms with Crippen molar-refractivity contribution in [3.63, 3.8) is 0 Å². The Balaban J connectivity index is 1.65. The van der Waals surface area contributed by atoms with Gasteiger partial charge in [-0.3, -0.25) is 0 Å². The zero-order chi connectivity index (χ0) is 18.6. The van der Waals surface area contributed by atoms with Gasteiger partial charge in [-0.15, -0.1) is 11.3 Å². The minimum absolute atomic E-state index is 0.394. The van der Waals surface area contributed by atoms with Crippen LogP contribution in [0.5, 0.6) is 0 Å². The molecule has 3 aromatic carbocycles. The molecule has 1 aromatic heterocycles. The van der Waals surface area contributed by atoms with Gasteiger partial charge in [0.15, 0.2) is 9.78 Å². The van der Waals surface area contributed by atoms with Crippen LogP contribution in [0.2, 0.25) is 5.02 Å². The third-order valence-corrected chi connectivity index (χ3v) is 6.44. The van der Waals surface area contributed by atoms with Gasteiger partial charge in [-0.25, -0.2) is 9.78 Å². The van der Waals surface area contributed by atoms with E-state index in [2.05, 4.69) is 4.98 Å². The van der Waals surface area contributed by atoms with Gasteiger partial charge in [0.25, 0.3) is 0 Å². The van der Waals surface area contributed by atoms with Crippen molar-refractivity contribution in [2.24, 2.45) is 0 Å². The van der Waals surface area contributed by atoms with Gasteiger partial charge in [-0.2, -0.15) is 0 Å². The van der Waals surface area contributed by atoms with Gasteiger partial charge in [0.2, 0.25) is 0 Å². The molecule has 0 aliphatic carbocycles. The molecule has 0 saturated carbocycles. The Bertz CT molecular complexity index is 1050. The molecule has 0 fully saturated rings. The fourth-order valence-electron chi connectivity index (χ4n) is 2.55. The van der Waals surface area contributed by atoms with Crippen molar-refractivity contribution in [1.82, 2.24) is 4.98 Å². The van der Waals surface area contributed by atoms with E-state index in [1.165, 1.54) is 11.8 Å². The summed E-state index contributed by atoms with van der Waals surface area (Å²) in [6.07, 6.45) is 0. The number of para-hydroxylation sites is 1. The van der Waals surface area contributed by atoms with Crippen molar-refractivity contribution in [3.05, 3.63) is 95.0 Å². The first kappa shape index (κ1) is 18.0. The molecule has 1 atom stereocenters. The SMILES string of the molecule is O=C(O[C@@H](Sc1nc2ccccc2s1)c1ccccc1Cl)c1ccccc1. The molecule has 0 aliphatic rings. The third-order valence-electron chi connectivity index (χ3n) is 3.86. The van der Waals surface area contributed by atoms with Gasteiger partial charge in [0.05, 0.1) is 15.8 Å². The van der Waals surface area contributed by atoms with E-state index in [0.717, 1.165) is 20.1 Å². The quantitative estimate of drug-likeness (QED) is 0.211. The highest BCUT2D eigenvalue weighted by atomic mass is 35.5. The summed E-state index contributed by atoms with van der Waals surface area (Å²) in [5.41, 5.74) is 1.58. The van der Waals surface area contributed by atoms with Gasteiger partial charge < -0.3 is 4.74 Å². The van der Waals surface area contributed by atoms with Crippen molar-refractivity contribution >= 4 is 50.9 Å². The topological polar surface area (TPSA) is 39.2 Å². The highest BCUT2D eigenvalue weighted by Gasteiger charge is 2.23. The van der Waals surface area contributed by atoms with E-state index in [1.807, 2.05) is 60.7 Å². The lowest BCUT2D eigenvalue weighted by molar-refractivity contribution is 0.0457. The van der Waals surface area contributed by atoms with Crippen LogP contribution in [0.1, 0.15) is 21.4 Å². The van der Waals surface area contributed by atoms with Gasteiger partial charge in [-0.1, -0.05) is 60.1 Å². The summed E-state index contributed by atoms with van der Waals surface area (Å²) in [7, 11) is 0. The number of fused-ring (bicyclic) bond motifs is 1. The van der Waals surface area contributed by atoms with E-state index >= 15 is 0 Å². The fourth-order valence-corrected chi connectivity index (χ4v) is 5.07. The number of ether oxygens (including phenoxy) is 1. The molecule has 0 aliphatic heterocycles. The molecule has 0 spiro atoms. The average molecular weight is 412 g/mol. The first-order valence-electron chi connectivity index (χ1n) is 8.23. The third kappa shape index (κ3) is 4.16. The van der Waals surface area contributed by atoms with Crippen molar-refractivity contribution in [2.45, 2.75) is 9.78 Å². The lowest BCUT2D eigenvalue weighted by atomic mass is 10.2. The fraction of sp³-hybridized carbons (Fsp3) is 0.0476. The lowest BCUT2D eigenvalue weighted by Crippen LogP contribution is -2.09. The van der Waals surface area contributed by atoms with Gasteiger partial charge >= 0.3 is 5.97 Å². The van der Waals surface area contributed by atoms with E-state index in [1.54, 1.807) is 29.5 Å². The molecule has 4 rings (SSSR count). The number of nitrogens with zero attached hydrogens (tertiary/aromatic N) is 1. The lowest BCUT2D eigenvalue weighted by Gasteiger charge is -2.18. The van der Waals surface area contributed by atoms with Crippen LogP contribution >= 0.6 is 34.7 Å². The van der Waals surface area contributed by atoms with Crippen LogP contribution in [0.3, 0.4) is 0 Å². The average Bonchev–Trinajstić information content (AvgIpc) is 3.11. The molecule has 0 bridgehead atoms. The van der Waals surface area contributed by atoms with Crippen LogP contribution in [0, 0.1) is 0 Å². The van der Waals surface area contributed by atoms with Crippen molar-refractivity contribution in [1.29, 1.82) is 0 Å². The standard InChI is InChI=1S/C21H14ClNO2S2/c22-16-11-5-4-10-15(16)20(25-19(24)14-8-2-1-3-9-14)27-21-23-17-12-6-7-13-18(17)26-21/h1-13,20H/t20-/m0/s1. The minimum Gasteiger partial charge on any atom is -0.442 e. The summed E-state index contributed by atoms with van der Waals surface area (Å²) >= 11 is 9.32. The Morgan fingerprint density at radius 3 is 2.44 bits per heavy atom. The normalized spacial score (nSPS) is 12.0. The van der Waals surface area contributed by atoms with Gasteiger partial charge in [-0.05, 0) is 42.1 Å². The number of esters is 1. The zero-order valence-corrected chi connectivity index (χ0v) is 16.4. The summed E-state index contributed by atoms with van der Waals surface area (Å²) < 4.78 is 7.72. The maximum Gasteiger partial charge on any atom is 0.339 e. The highest BCUT2D eigenvalue weighted by molar-refractivity contribution is 8.01. The van der Waals surface area contributed by atoms with E-state index < -0.39 is 11.4 Å². The monoisotopic (exact) mass is 411 g/mol. The van der Waals surface area contributed by atoms with Crippen molar-refractivity contribution in [3.8, 4) is 0 Å². The number of hydrogen-bond acceptors (Lipinski definition) is 5. The molecule has 27 heavy (non-hydrogen) atoms. The van der Waals surface area contributed by atoms with Crippen LogP contribution in [-0.4, -0.2) is 11.0 Å². The first-order chi connectivity index (χ1) is 13.2. The summed E-state index contributed by atoms with van der Waals surface area (Å²) in [5, 5.41) is 0.553. The van der Waals surface area contributed by atoms with Crippen molar-refractivity contribution < 1.29 is 9.53 Å². The van der Waals surface area contributed by atoms with Gasteiger partial charge in [0.1, 0.15) is 0 Å². The number of carbonyl (C=O) groups excluding carboxylic acids is 1. The van der Waals surface area contributed by atoms with E-state index in [4.69, 9.17) is 16.3 Å². The molecule has 0 radical (unpaired) electrons. The molecule has 4 aromatic rings. The maximum atomic E-state index is 12.6. The summed E-state index contributed by atoms with van der Waals surface area (Å²) in [6, 6.07) is 24.3. The predicted molar refractivity (Wildman–Crippen MR) is 112 cm³/mol. The van der Waals surface area contributed by atoms with Crippen molar-refractivity contribution in [2.75, 3.05) is 0 Å². The Morgan fingerprint density at radius 2 is 1.67 bits per heavy atom. The van der Waals surface area contributed by atoms with Crippen LogP contribution < -0.4 is 0 Å². The number of halogens is 1. The molecular weight excluding hydrogens is 398 g/mol. The molecule has 0 amide bonds. The second-order valence-corrected chi connectivity index (χ2v) is 8.44. The molecule has 0 saturated heterocycles. The Morgan fingerprint density at radius 1 is 0.963 bits per heavy atom. The second kappa shape index (κ2) is 8.13. The van der Waals surface area contributed by atoms with Crippen LogP contribution in [0.25, 0.3) is 10.2 Å². The first-order valence-corrected chi connectivity index (χ1v) is 10.3. The maximum absolute atomic E-state index is 12.6. The number of hydrogen-bond donors (Lipinski definition) is 0. The van der Waals surface area contributed by atoms with Crippen LogP contribution in [-0.2, 0) is 4.74 Å². The molecule has 1 heterocycles. The predicted octanol–water partition coefficient (Wildman–Crippen LogP) is 6.60. The largest absolute Gasteiger partial charge is 0.442 e. The number of thioether (sulfide) groups is 1. The number of carbonyl (C=O) groups is 1. The summed E-state index contributed by atoms with van der Waals surface area (Å²) in [4.78, 5) is 17.2. The van der Waals surface area contributed by atoms with Gasteiger partial charge in [0, 0.05) is 10.6 Å². The Hall–Kier alpha value is -2.34. The number of thiazole rings is 1. The van der Waals surface area contributed by atoms with E-state index in [9.17, 15) is 4.79 Å². The minimum atomic E-state index is -0.591. The molecule has 0 unspecified atom stereocenters. The van der Waals surface area contributed by atoms with Crippen LogP contribution in [0.4, 0.5) is 0 Å².